The number of hydrogen-bond donors (Lipinski definition) is 2. The van der Waals surface area contributed by atoms with E-state index in [-0.39, 0.29) is 49.5 Å². The maximum Gasteiger partial charge on any atom is 0.339 e. The molecule has 0 saturated heterocycles. The molecule has 12 nitrogen and oxygen atoms in total. The van der Waals surface area contributed by atoms with Crippen LogP contribution in [0.5, 0.6) is 5.75 Å². The molecular formula is C34H36Cl4N4O8S. The molecule has 0 bridgehead atoms. The van der Waals surface area contributed by atoms with Crippen molar-refractivity contribution in [1.82, 2.24) is 9.78 Å². The third-order valence-electron chi connectivity index (χ3n) is 7.76. The summed E-state index contributed by atoms with van der Waals surface area (Å²) in [6.07, 6.45) is 11.5. The van der Waals surface area contributed by atoms with Crippen LogP contribution >= 0.6 is 46.4 Å². The molecule has 1 aromatic heterocycles. The minimum absolute atomic E-state index is 0.0204. The van der Waals surface area contributed by atoms with Crippen LogP contribution < -0.4 is 15.1 Å². The molecule has 0 saturated carbocycles. The highest BCUT2D eigenvalue weighted by atomic mass is 35.5. The molecule has 3 aromatic carbocycles. The number of non-ortho nitro benzene ring substituents is 1. The molecule has 0 radical (unpaired) electrons. The first-order chi connectivity index (χ1) is 24.3. The van der Waals surface area contributed by atoms with Crippen LogP contribution in [0.1, 0.15) is 81.5 Å². The number of anilines is 2. The van der Waals surface area contributed by atoms with E-state index in [1.165, 1.54) is 68.9 Å². The molecule has 0 aliphatic rings. The predicted molar refractivity (Wildman–Crippen MR) is 199 cm³/mol. The molecule has 51 heavy (non-hydrogen) atoms. The molecule has 0 aliphatic carbocycles. The van der Waals surface area contributed by atoms with Gasteiger partial charge in [0.05, 0.1) is 37.8 Å². The zero-order valence-electron chi connectivity index (χ0n) is 27.6. The number of hydrogen-bond acceptors (Lipinski definition) is 9. The molecule has 2 N–H and O–H groups in total. The third-order valence-corrected chi connectivity index (χ3v) is 10.1. The Morgan fingerprint density at radius 3 is 2.12 bits per heavy atom. The number of aromatic amines is 1. The summed E-state index contributed by atoms with van der Waals surface area (Å²) in [4.78, 5) is 36.3. The largest absolute Gasteiger partial charge is 0.462 e. The highest BCUT2D eigenvalue weighted by Crippen LogP contribution is 2.35. The summed E-state index contributed by atoms with van der Waals surface area (Å²) < 4.78 is 38.1. The van der Waals surface area contributed by atoms with Crippen molar-refractivity contribution in [2.75, 3.05) is 11.9 Å². The first kappa shape index (κ1) is 40.0. The lowest BCUT2D eigenvalue weighted by atomic mass is 10.1. The van der Waals surface area contributed by atoms with E-state index < -0.39 is 42.9 Å². The summed E-state index contributed by atoms with van der Waals surface area (Å²) in [7, 11) is -4.81. The Hall–Kier alpha value is -3.75. The van der Waals surface area contributed by atoms with Crippen LogP contribution in [0.2, 0.25) is 20.1 Å². The lowest BCUT2D eigenvalue weighted by Gasteiger charge is -2.11. The van der Waals surface area contributed by atoms with E-state index >= 15 is 0 Å². The maximum absolute atomic E-state index is 13.7. The fraction of sp³-hybridized carbons (Fsp3) is 0.353. The Balaban J connectivity index is 1.52. The Kier molecular flexibility index (Phi) is 14.6. The normalized spacial score (nSPS) is 11.4. The third kappa shape index (κ3) is 10.9. The summed E-state index contributed by atoms with van der Waals surface area (Å²) in [5.41, 5.74) is -1.33. The Morgan fingerprint density at radius 1 is 0.882 bits per heavy atom. The molecule has 0 spiro atoms. The number of aromatic nitrogens is 2. The standard InChI is InChI=1S/C34H36Cl4N4O8S/c1-2-3-4-5-6-7-8-9-10-11-17-49-34(44)22-15-16-29(26(36)18-22)39-32-31(50-51(47,48)25-14-12-13-24(21-25)42(45)46)33(43)41(40-32)30-27(37)19-23(35)20-28(30)38/h12-16,18-21,39-40H,2-11,17H2,1H3. The molecule has 1 heterocycles. The second kappa shape index (κ2) is 18.7. The number of esters is 1. The van der Waals surface area contributed by atoms with Crippen molar-refractivity contribution in [3.63, 3.8) is 0 Å². The first-order valence-corrected chi connectivity index (χ1v) is 19.2. The molecule has 4 aromatic rings. The molecule has 0 unspecified atom stereocenters. The number of ether oxygens (including phenoxy) is 1. The van der Waals surface area contributed by atoms with E-state index in [0.717, 1.165) is 54.6 Å². The minimum Gasteiger partial charge on any atom is -0.462 e. The maximum atomic E-state index is 13.7. The van der Waals surface area contributed by atoms with Gasteiger partial charge < -0.3 is 14.2 Å². The van der Waals surface area contributed by atoms with Crippen molar-refractivity contribution in [1.29, 1.82) is 0 Å². The Labute approximate surface area is 315 Å². The second-order valence-electron chi connectivity index (χ2n) is 11.6. The number of unbranched alkanes of at least 4 members (excludes halogenated alkanes) is 9. The van der Waals surface area contributed by atoms with Crippen LogP contribution in [0.25, 0.3) is 5.69 Å². The van der Waals surface area contributed by atoms with E-state index in [4.69, 9.17) is 55.3 Å². The van der Waals surface area contributed by atoms with Crippen molar-refractivity contribution in [2.45, 2.75) is 76.0 Å². The predicted octanol–water partition coefficient (Wildman–Crippen LogP) is 10.3. The summed E-state index contributed by atoms with van der Waals surface area (Å²) >= 11 is 25.2. The van der Waals surface area contributed by atoms with Gasteiger partial charge >= 0.3 is 21.6 Å². The van der Waals surface area contributed by atoms with E-state index in [0.29, 0.717) is 0 Å². The number of nitro benzene ring substituents is 1. The molecule has 4 rings (SSSR count). The molecule has 0 amide bonds. The van der Waals surface area contributed by atoms with E-state index in [2.05, 4.69) is 17.3 Å². The first-order valence-electron chi connectivity index (χ1n) is 16.2. The van der Waals surface area contributed by atoms with Gasteiger partial charge in [-0.2, -0.15) is 8.42 Å². The highest BCUT2D eigenvalue weighted by Gasteiger charge is 2.28. The van der Waals surface area contributed by atoms with Crippen molar-refractivity contribution < 1.29 is 27.1 Å². The van der Waals surface area contributed by atoms with Crippen LogP contribution in [0.4, 0.5) is 17.2 Å². The molecule has 0 fully saturated rings. The van der Waals surface area contributed by atoms with Crippen molar-refractivity contribution in [2.24, 2.45) is 0 Å². The van der Waals surface area contributed by atoms with Gasteiger partial charge in [-0.15, -0.1) is 0 Å². The Bertz CT molecular complexity index is 2010. The number of nitrogens with one attached hydrogen (secondary N) is 2. The van der Waals surface area contributed by atoms with Crippen molar-refractivity contribution in [3.8, 4) is 11.4 Å². The summed E-state index contributed by atoms with van der Waals surface area (Å²) in [6, 6.07) is 11.0. The molecule has 17 heteroatoms. The van der Waals surface area contributed by atoms with Crippen molar-refractivity contribution in [3.05, 3.63) is 101 Å². The SMILES string of the molecule is CCCCCCCCCCCCOC(=O)c1ccc(Nc2[nH]n(-c3c(Cl)cc(Cl)cc3Cl)c(=O)c2OS(=O)(=O)c2cccc([N+](=O)[O-])c2)c(Cl)c1. The van der Waals surface area contributed by atoms with Gasteiger partial charge in [-0.3, -0.25) is 20.0 Å². The second-order valence-corrected chi connectivity index (χ2v) is 14.8. The lowest BCUT2D eigenvalue weighted by Crippen LogP contribution is -2.20. The van der Waals surface area contributed by atoms with Gasteiger partial charge in [-0.1, -0.05) is 117 Å². The number of nitrogens with zero attached hydrogens (tertiary/aromatic N) is 2. The van der Waals surface area contributed by atoms with Crippen LogP contribution in [-0.4, -0.2) is 35.7 Å². The number of nitro groups is 1. The molecule has 0 aliphatic heterocycles. The van der Waals surface area contributed by atoms with E-state index in [1.807, 2.05) is 0 Å². The monoisotopic (exact) mass is 800 g/mol. The number of H-pyrrole nitrogens is 1. The van der Waals surface area contributed by atoms with Gasteiger partial charge in [0.25, 0.3) is 11.4 Å². The number of carbonyl (C=O) groups is 1. The summed E-state index contributed by atoms with van der Waals surface area (Å²) in [5, 5.41) is 16.8. The van der Waals surface area contributed by atoms with Crippen LogP contribution in [0.3, 0.4) is 0 Å². The molecular weight excluding hydrogens is 766 g/mol. The zero-order valence-corrected chi connectivity index (χ0v) is 31.4. The van der Waals surface area contributed by atoms with Crippen LogP contribution in [0, 0.1) is 10.1 Å². The molecule has 0 atom stereocenters. The van der Waals surface area contributed by atoms with Gasteiger partial charge in [0.2, 0.25) is 0 Å². The molecule has 274 valence electrons. The summed E-state index contributed by atoms with van der Waals surface area (Å²) in [5.74, 6) is -1.66. The van der Waals surface area contributed by atoms with E-state index in [9.17, 15) is 28.1 Å². The minimum atomic E-state index is -4.81. The quantitative estimate of drug-likeness (QED) is 0.0309. The number of halogens is 4. The van der Waals surface area contributed by atoms with E-state index in [1.54, 1.807) is 0 Å². The lowest BCUT2D eigenvalue weighted by molar-refractivity contribution is -0.385. The van der Waals surface area contributed by atoms with Crippen molar-refractivity contribution >= 4 is 79.7 Å². The van der Waals surface area contributed by atoms with Crippen LogP contribution in [-0.2, 0) is 14.9 Å². The van der Waals surface area contributed by atoms with Gasteiger partial charge in [-0.25, -0.2) is 9.48 Å². The summed E-state index contributed by atoms with van der Waals surface area (Å²) in [6.45, 7) is 2.46. The fourth-order valence-corrected chi connectivity index (χ4v) is 7.31. The number of rotatable bonds is 19. The van der Waals surface area contributed by atoms with Crippen LogP contribution in [0.15, 0.2) is 64.3 Å². The van der Waals surface area contributed by atoms with Gasteiger partial charge in [0.15, 0.2) is 5.82 Å². The Morgan fingerprint density at radius 2 is 1.51 bits per heavy atom. The number of carbonyl (C=O) groups excluding carboxylic acids is 1. The fourth-order valence-electron chi connectivity index (χ4n) is 5.12. The van der Waals surface area contributed by atoms with Gasteiger partial charge in [0.1, 0.15) is 10.6 Å². The zero-order chi connectivity index (χ0) is 37.1. The number of benzene rings is 3. The average Bonchev–Trinajstić information content (AvgIpc) is 3.36. The smallest absolute Gasteiger partial charge is 0.339 e. The highest BCUT2D eigenvalue weighted by molar-refractivity contribution is 7.87. The van der Waals surface area contributed by atoms with Gasteiger partial charge in [0, 0.05) is 17.2 Å². The average molecular weight is 803 g/mol. The topological polar surface area (TPSA) is 163 Å². The van der Waals surface area contributed by atoms with Gasteiger partial charge in [-0.05, 0) is 42.8 Å².